The summed E-state index contributed by atoms with van der Waals surface area (Å²) in [5.74, 6) is 2.10. The molecule has 2 rings (SSSR count). The van der Waals surface area contributed by atoms with E-state index < -0.39 is 0 Å². The number of rotatable bonds is 1. The van der Waals surface area contributed by atoms with Gasteiger partial charge in [0.05, 0.1) is 17.9 Å². The van der Waals surface area contributed by atoms with E-state index in [4.69, 9.17) is 11.5 Å². The minimum Gasteiger partial charge on any atom is -0.390 e. The van der Waals surface area contributed by atoms with Crippen LogP contribution in [0.2, 0.25) is 0 Å². The first kappa shape index (κ1) is 8.79. The number of hydrogen-bond donors (Lipinski definition) is 2. The number of H-pyrrole nitrogens is 1. The third-order valence-corrected chi connectivity index (χ3v) is 2.14. The molecule has 0 aliphatic heterocycles. The zero-order valence-corrected chi connectivity index (χ0v) is 7.34. The highest BCUT2D eigenvalue weighted by atomic mass is 19.1. The van der Waals surface area contributed by atoms with Crippen molar-refractivity contribution in [3.8, 4) is 12.3 Å². The maximum absolute atomic E-state index is 12.9. The summed E-state index contributed by atoms with van der Waals surface area (Å²) in [5.41, 5.74) is 1.82. The fourth-order valence-electron chi connectivity index (χ4n) is 1.50. The number of nitrogens with one attached hydrogen (secondary N) is 1. The topological polar surface area (TPSA) is 36.0 Å². The molecule has 0 unspecified atom stereocenters. The third kappa shape index (κ3) is 1.17. The number of benzene rings is 1. The Balaban J connectivity index is 2.83. The average molecular weight is 189 g/mol. The Morgan fingerprint density at radius 2 is 2.29 bits per heavy atom. The van der Waals surface area contributed by atoms with Gasteiger partial charge in [0, 0.05) is 10.9 Å². The van der Waals surface area contributed by atoms with Crippen LogP contribution in [0.15, 0.2) is 18.2 Å². The first-order valence-corrected chi connectivity index (χ1v) is 4.14. The van der Waals surface area contributed by atoms with Gasteiger partial charge in [-0.15, -0.1) is 6.42 Å². The van der Waals surface area contributed by atoms with Gasteiger partial charge in [-0.25, -0.2) is 4.39 Å². The van der Waals surface area contributed by atoms with Crippen LogP contribution in [0.4, 0.5) is 4.39 Å². The Bertz CT molecular complexity index is 522. The number of aromatic nitrogens is 1. The lowest BCUT2D eigenvalue weighted by molar-refractivity contribution is 0.277. The highest BCUT2D eigenvalue weighted by Crippen LogP contribution is 2.22. The molecule has 0 aliphatic carbocycles. The number of terminal acetylenes is 1. The van der Waals surface area contributed by atoms with E-state index in [-0.39, 0.29) is 12.4 Å². The highest BCUT2D eigenvalue weighted by molar-refractivity contribution is 5.87. The molecule has 1 heterocycles. The zero-order valence-electron chi connectivity index (χ0n) is 7.34. The maximum atomic E-state index is 12.9. The van der Waals surface area contributed by atoms with Crippen LogP contribution in [-0.2, 0) is 6.61 Å². The quantitative estimate of drug-likeness (QED) is 0.659. The van der Waals surface area contributed by atoms with Gasteiger partial charge < -0.3 is 10.1 Å². The van der Waals surface area contributed by atoms with E-state index in [0.29, 0.717) is 16.6 Å². The van der Waals surface area contributed by atoms with Gasteiger partial charge in [0.2, 0.25) is 0 Å². The van der Waals surface area contributed by atoms with Gasteiger partial charge in [0.25, 0.3) is 0 Å². The van der Waals surface area contributed by atoms with Gasteiger partial charge in [-0.1, -0.05) is 5.92 Å². The number of aromatic amines is 1. The molecule has 0 atom stereocenters. The Morgan fingerprint density at radius 3 is 2.93 bits per heavy atom. The van der Waals surface area contributed by atoms with Crippen LogP contribution in [0.3, 0.4) is 0 Å². The van der Waals surface area contributed by atoms with Crippen molar-refractivity contribution in [2.45, 2.75) is 6.61 Å². The van der Waals surface area contributed by atoms with E-state index in [1.165, 1.54) is 12.1 Å². The Hall–Kier alpha value is -1.79. The van der Waals surface area contributed by atoms with E-state index in [1.54, 1.807) is 6.07 Å². The molecule has 2 aromatic rings. The van der Waals surface area contributed by atoms with Crippen molar-refractivity contribution < 1.29 is 9.50 Å². The molecular weight excluding hydrogens is 181 g/mol. The molecular formula is C11H8FNO. The molecule has 0 spiro atoms. The molecule has 0 aliphatic rings. The maximum Gasteiger partial charge on any atom is 0.124 e. The van der Waals surface area contributed by atoms with Gasteiger partial charge >= 0.3 is 0 Å². The summed E-state index contributed by atoms with van der Waals surface area (Å²) in [5, 5.41) is 9.64. The molecule has 0 amide bonds. The first-order valence-electron chi connectivity index (χ1n) is 4.14. The van der Waals surface area contributed by atoms with Crippen molar-refractivity contribution in [1.29, 1.82) is 0 Å². The molecule has 0 bridgehead atoms. The molecule has 70 valence electrons. The third-order valence-electron chi connectivity index (χ3n) is 2.14. The second-order valence-electron chi connectivity index (χ2n) is 2.97. The van der Waals surface area contributed by atoms with Crippen LogP contribution in [0.5, 0.6) is 0 Å². The van der Waals surface area contributed by atoms with Crippen LogP contribution < -0.4 is 0 Å². The largest absolute Gasteiger partial charge is 0.390 e. The highest BCUT2D eigenvalue weighted by Gasteiger charge is 2.08. The molecule has 0 saturated heterocycles. The smallest absolute Gasteiger partial charge is 0.124 e. The van der Waals surface area contributed by atoms with Gasteiger partial charge in [-0.2, -0.15) is 0 Å². The number of fused-ring (bicyclic) bond motifs is 1. The van der Waals surface area contributed by atoms with Crippen molar-refractivity contribution >= 4 is 10.9 Å². The molecule has 0 radical (unpaired) electrons. The van der Waals surface area contributed by atoms with E-state index >= 15 is 0 Å². The van der Waals surface area contributed by atoms with Gasteiger partial charge in [-0.05, 0) is 18.2 Å². The van der Waals surface area contributed by atoms with Gasteiger partial charge in [0.15, 0.2) is 0 Å². The SMILES string of the molecule is C#Cc1c(CO)[nH]c2ccc(F)cc12. The van der Waals surface area contributed by atoms with Gasteiger partial charge in [0.1, 0.15) is 5.82 Å². The second-order valence-corrected chi connectivity index (χ2v) is 2.97. The fraction of sp³-hybridized carbons (Fsp3) is 0.0909. The van der Waals surface area contributed by atoms with E-state index in [9.17, 15) is 4.39 Å². The molecule has 2 N–H and O–H groups in total. The first-order chi connectivity index (χ1) is 6.76. The predicted molar refractivity (Wildman–Crippen MR) is 52.1 cm³/mol. The second kappa shape index (κ2) is 3.17. The van der Waals surface area contributed by atoms with Crippen LogP contribution in [0.25, 0.3) is 10.9 Å². The summed E-state index contributed by atoms with van der Waals surface area (Å²) in [7, 11) is 0. The monoisotopic (exact) mass is 189 g/mol. The predicted octanol–water partition coefficient (Wildman–Crippen LogP) is 1.78. The fourth-order valence-corrected chi connectivity index (χ4v) is 1.50. The molecule has 2 nitrogen and oxygen atoms in total. The van der Waals surface area contributed by atoms with Gasteiger partial charge in [-0.3, -0.25) is 0 Å². The average Bonchev–Trinajstić information content (AvgIpc) is 2.54. The lowest BCUT2D eigenvalue weighted by Gasteiger charge is -1.91. The molecule has 0 fully saturated rings. The summed E-state index contributed by atoms with van der Waals surface area (Å²) in [6.45, 7) is -0.171. The van der Waals surface area contributed by atoms with E-state index in [0.717, 1.165) is 5.52 Å². The summed E-state index contributed by atoms with van der Waals surface area (Å²) in [6.07, 6.45) is 5.28. The number of halogens is 1. The normalized spacial score (nSPS) is 10.4. The Kier molecular flexibility index (Phi) is 1.99. The van der Waals surface area contributed by atoms with Crippen LogP contribution >= 0.6 is 0 Å². The van der Waals surface area contributed by atoms with E-state index in [1.807, 2.05) is 0 Å². The zero-order chi connectivity index (χ0) is 10.1. The van der Waals surface area contributed by atoms with Crippen molar-refractivity contribution in [3.63, 3.8) is 0 Å². The van der Waals surface area contributed by atoms with Crippen LogP contribution in [0, 0.1) is 18.2 Å². The molecule has 1 aromatic carbocycles. The number of aliphatic hydroxyl groups is 1. The molecule has 3 heteroatoms. The minimum atomic E-state index is -0.336. The summed E-state index contributed by atoms with van der Waals surface area (Å²) >= 11 is 0. The summed E-state index contributed by atoms with van der Waals surface area (Å²) < 4.78 is 12.9. The lowest BCUT2D eigenvalue weighted by Crippen LogP contribution is -1.85. The van der Waals surface area contributed by atoms with Crippen LogP contribution in [-0.4, -0.2) is 10.1 Å². The Morgan fingerprint density at radius 1 is 1.50 bits per heavy atom. The van der Waals surface area contributed by atoms with Crippen molar-refractivity contribution in [2.75, 3.05) is 0 Å². The standard InChI is InChI=1S/C11H8FNO/c1-2-8-9-5-7(12)3-4-10(9)13-11(8)6-14/h1,3-5,13-14H,6H2. The van der Waals surface area contributed by atoms with Crippen molar-refractivity contribution in [1.82, 2.24) is 4.98 Å². The van der Waals surface area contributed by atoms with Crippen molar-refractivity contribution in [3.05, 3.63) is 35.3 Å². The van der Waals surface area contributed by atoms with Crippen molar-refractivity contribution in [2.24, 2.45) is 0 Å². The van der Waals surface area contributed by atoms with Crippen LogP contribution in [0.1, 0.15) is 11.3 Å². The minimum absolute atomic E-state index is 0.171. The lowest BCUT2D eigenvalue weighted by atomic mass is 10.1. The molecule has 1 aromatic heterocycles. The van der Waals surface area contributed by atoms with E-state index in [2.05, 4.69) is 10.9 Å². The molecule has 14 heavy (non-hydrogen) atoms. The molecule has 0 saturated carbocycles. The number of hydrogen-bond acceptors (Lipinski definition) is 1. The summed E-state index contributed by atoms with van der Waals surface area (Å²) in [4.78, 5) is 2.93. The number of aliphatic hydroxyl groups excluding tert-OH is 1. The Labute approximate surface area is 80.4 Å². The summed E-state index contributed by atoms with van der Waals surface area (Å²) in [6, 6.07) is 4.31.